The smallest absolute Gasteiger partial charge is 0.472 e. The number of hydrogen-bond acceptors (Lipinski definition) is 10. The van der Waals surface area contributed by atoms with Crippen LogP contribution in [0.1, 0.15) is 213 Å². The van der Waals surface area contributed by atoms with Gasteiger partial charge in [0.1, 0.15) is 12.6 Å². The van der Waals surface area contributed by atoms with E-state index < -0.39 is 57.2 Å². The van der Waals surface area contributed by atoms with Gasteiger partial charge in [0.25, 0.3) is 0 Å². The van der Waals surface area contributed by atoms with Crippen molar-refractivity contribution in [3.63, 3.8) is 0 Å². The number of nitrogens with two attached hydrogens (primary N) is 1. The van der Waals surface area contributed by atoms with Crippen molar-refractivity contribution < 1.29 is 52.6 Å². The standard InChI is InChI=1S/C48H88NO11P/c1-3-5-7-8-9-10-11-12-13-14-15-16-17-18-19-20-21-24-28-31-35-39-47(52)60-44(41-58-61(55,56)59-42-45(49)48(53)54)40-57-46(51)38-34-30-27-25-22-23-26-29-33-37-43(50)36-32-6-4-2/h6,26,29,32-33,37,43-45,50H,3-5,7-25,27-28,30-31,34-36,38-42,49H2,1-2H3,(H,53,54)(H,55,56)/b29-26+,32-6+,37-33+/t43?,44-,45+/m1/s1. The molecule has 0 saturated heterocycles. The Morgan fingerprint density at radius 3 is 1.54 bits per heavy atom. The summed E-state index contributed by atoms with van der Waals surface area (Å²) in [6, 6.07) is -1.53. The normalized spacial score (nSPS) is 14.4. The molecule has 0 aromatic carbocycles. The quantitative estimate of drug-likeness (QED) is 0.0149. The van der Waals surface area contributed by atoms with Gasteiger partial charge >= 0.3 is 25.7 Å². The van der Waals surface area contributed by atoms with E-state index in [0.29, 0.717) is 19.3 Å². The molecular weight excluding hydrogens is 797 g/mol. The van der Waals surface area contributed by atoms with Crippen LogP contribution in [0.4, 0.5) is 0 Å². The molecule has 0 aliphatic heterocycles. The molecule has 0 heterocycles. The van der Waals surface area contributed by atoms with E-state index >= 15 is 0 Å². The van der Waals surface area contributed by atoms with Crippen molar-refractivity contribution in [2.75, 3.05) is 19.8 Å². The Hall–Kier alpha value is -2.34. The Balaban J connectivity index is 4.30. The van der Waals surface area contributed by atoms with Crippen molar-refractivity contribution in [3.8, 4) is 0 Å². The summed E-state index contributed by atoms with van der Waals surface area (Å²) in [4.78, 5) is 46.1. The Labute approximate surface area is 370 Å². The third-order valence-electron chi connectivity index (χ3n) is 10.5. The molecule has 2 unspecified atom stereocenters. The second-order valence-electron chi connectivity index (χ2n) is 16.4. The van der Waals surface area contributed by atoms with Gasteiger partial charge in [-0.25, -0.2) is 4.57 Å². The fraction of sp³-hybridized carbons (Fsp3) is 0.812. The van der Waals surface area contributed by atoms with Crippen LogP contribution >= 0.6 is 7.82 Å². The van der Waals surface area contributed by atoms with Crippen molar-refractivity contribution in [2.24, 2.45) is 5.73 Å². The number of phosphoric acid groups is 1. The fourth-order valence-electron chi connectivity index (χ4n) is 6.69. The molecule has 0 saturated carbocycles. The number of aliphatic hydroxyl groups is 1. The topological polar surface area (TPSA) is 192 Å². The van der Waals surface area contributed by atoms with E-state index in [1.807, 2.05) is 24.3 Å². The molecule has 356 valence electrons. The number of aliphatic hydroxyl groups excluding tert-OH is 1. The highest BCUT2D eigenvalue weighted by atomic mass is 31.2. The van der Waals surface area contributed by atoms with Gasteiger partial charge in [-0.05, 0) is 38.5 Å². The summed E-state index contributed by atoms with van der Waals surface area (Å²) in [5.74, 6) is -2.43. The molecule has 61 heavy (non-hydrogen) atoms. The molecule has 4 atom stereocenters. The number of allylic oxidation sites excluding steroid dienone is 4. The van der Waals surface area contributed by atoms with Gasteiger partial charge in [-0.15, -0.1) is 0 Å². The minimum Gasteiger partial charge on any atom is -0.480 e. The van der Waals surface area contributed by atoms with Crippen LogP contribution < -0.4 is 5.73 Å². The van der Waals surface area contributed by atoms with Crippen LogP contribution in [0, 0.1) is 0 Å². The first kappa shape index (κ1) is 58.7. The summed E-state index contributed by atoms with van der Waals surface area (Å²) >= 11 is 0. The highest BCUT2D eigenvalue weighted by Gasteiger charge is 2.28. The summed E-state index contributed by atoms with van der Waals surface area (Å²) in [6.45, 7) is 2.59. The van der Waals surface area contributed by atoms with Crippen molar-refractivity contribution in [2.45, 2.75) is 231 Å². The first-order valence-corrected chi connectivity index (χ1v) is 25.6. The van der Waals surface area contributed by atoms with Crippen LogP contribution in [0.3, 0.4) is 0 Å². The average Bonchev–Trinajstić information content (AvgIpc) is 3.23. The summed E-state index contributed by atoms with van der Waals surface area (Å²) in [5.41, 5.74) is 5.34. The van der Waals surface area contributed by atoms with Gasteiger partial charge in [-0.2, -0.15) is 0 Å². The molecule has 0 amide bonds. The second-order valence-corrected chi connectivity index (χ2v) is 17.9. The van der Waals surface area contributed by atoms with E-state index in [1.54, 1.807) is 6.08 Å². The first-order valence-electron chi connectivity index (χ1n) is 24.1. The number of carboxylic acids is 1. The SMILES string of the molecule is CC/C=C/CC(O)/C=C/C=C/CCCCCCCC(=O)OC[C@H](COP(=O)(O)OC[C@H](N)C(=O)O)OC(=O)CCCCCCCCCCCCCCCCCCCCCCC. The number of carbonyl (C=O) groups is 3. The molecule has 0 spiro atoms. The Bertz CT molecular complexity index is 1190. The molecule has 0 aromatic rings. The third kappa shape index (κ3) is 42.7. The van der Waals surface area contributed by atoms with Crippen LogP contribution in [-0.2, 0) is 37.5 Å². The minimum atomic E-state index is -4.73. The van der Waals surface area contributed by atoms with Crippen molar-refractivity contribution >= 4 is 25.7 Å². The second kappa shape index (κ2) is 42.9. The summed E-state index contributed by atoms with van der Waals surface area (Å²) < 4.78 is 32.7. The van der Waals surface area contributed by atoms with E-state index in [9.17, 15) is 28.9 Å². The number of phosphoric ester groups is 1. The maximum absolute atomic E-state index is 12.7. The lowest BCUT2D eigenvalue weighted by molar-refractivity contribution is -0.161. The summed E-state index contributed by atoms with van der Waals surface area (Å²) in [5, 5.41) is 18.8. The lowest BCUT2D eigenvalue weighted by Gasteiger charge is -2.20. The minimum absolute atomic E-state index is 0.150. The Kier molecular flexibility index (Phi) is 41.3. The van der Waals surface area contributed by atoms with E-state index in [4.69, 9.17) is 24.8 Å². The van der Waals surface area contributed by atoms with Crippen LogP contribution in [0.15, 0.2) is 36.5 Å². The van der Waals surface area contributed by atoms with Crippen molar-refractivity contribution in [1.82, 2.24) is 0 Å². The molecular formula is C48H88NO11P. The predicted molar refractivity (Wildman–Crippen MR) is 246 cm³/mol. The molecule has 12 nitrogen and oxygen atoms in total. The number of esters is 2. The molecule has 0 radical (unpaired) electrons. The highest BCUT2D eigenvalue weighted by molar-refractivity contribution is 7.47. The van der Waals surface area contributed by atoms with Gasteiger partial charge in [-0.3, -0.25) is 23.4 Å². The summed E-state index contributed by atoms with van der Waals surface area (Å²) in [7, 11) is -4.73. The fourth-order valence-corrected chi connectivity index (χ4v) is 7.47. The Morgan fingerprint density at radius 2 is 1.05 bits per heavy atom. The molecule has 0 aliphatic rings. The lowest BCUT2D eigenvalue weighted by atomic mass is 10.0. The first-order chi connectivity index (χ1) is 29.5. The van der Waals surface area contributed by atoms with Gasteiger partial charge in [0.05, 0.1) is 19.3 Å². The monoisotopic (exact) mass is 886 g/mol. The summed E-state index contributed by atoms with van der Waals surface area (Å²) in [6.07, 6.45) is 44.0. The van der Waals surface area contributed by atoms with Crippen molar-refractivity contribution in [1.29, 1.82) is 0 Å². The number of carboxylic acid groups (broad SMARTS) is 1. The number of rotatable bonds is 45. The average molecular weight is 886 g/mol. The molecule has 5 N–H and O–H groups in total. The van der Waals surface area contributed by atoms with Gasteiger partial charge in [0.15, 0.2) is 6.10 Å². The molecule has 0 bridgehead atoms. The third-order valence-corrected chi connectivity index (χ3v) is 11.4. The molecule has 0 fully saturated rings. The maximum atomic E-state index is 12.7. The van der Waals surface area contributed by atoms with E-state index in [-0.39, 0.29) is 19.4 Å². The lowest BCUT2D eigenvalue weighted by Crippen LogP contribution is -2.34. The highest BCUT2D eigenvalue weighted by Crippen LogP contribution is 2.43. The zero-order valence-corrected chi connectivity index (χ0v) is 39.3. The van der Waals surface area contributed by atoms with Crippen LogP contribution in [0.2, 0.25) is 0 Å². The zero-order chi connectivity index (χ0) is 45.1. The molecule has 0 aliphatic carbocycles. The van der Waals surface area contributed by atoms with Crippen LogP contribution in [0.25, 0.3) is 0 Å². The number of carbonyl (C=O) groups excluding carboxylic acids is 2. The number of aliphatic carboxylic acids is 1. The largest absolute Gasteiger partial charge is 0.480 e. The van der Waals surface area contributed by atoms with Crippen LogP contribution in [-0.4, -0.2) is 71.1 Å². The van der Waals surface area contributed by atoms with Crippen molar-refractivity contribution in [3.05, 3.63) is 36.5 Å². The van der Waals surface area contributed by atoms with Gasteiger partial charge in [0.2, 0.25) is 0 Å². The maximum Gasteiger partial charge on any atom is 0.472 e. The van der Waals surface area contributed by atoms with E-state index in [1.165, 1.54) is 109 Å². The van der Waals surface area contributed by atoms with Gasteiger partial charge in [-0.1, -0.05) is 198 Å². The van der Waals surface area contributed by atoms with E-state index in [2.05, 4.69) is 24.4 Å². The van der Waals surface area contributed by atoms with Crippen LogP contribution in [0.5, 0.6) is 0 Å². The predicted octanol–water partition coefficient (Wildman–Crippen LogP) is 12.1. The van der Waals surface area contributed by atoms with E-state index in [0.717, 1.165) is 57.8 Å². The number of unbranched alkanes of at least 4 members (excludes halogenated alkanes) is 25. The number of hydrogen-bond donors (Lipinski definition) is 4. The molecule has 0 rings (SSSR count). The molecule has 13 heteroatoms. The van der Waals surface area contributed by atoms with Gasteiger partial charge < -0.3 is 30.3 Å². The van der Waals surface area contributed by atoms with Gasteiger partial charge in [0, 0.05) is 12.8 Å². The zero-order valence-electron chi connectivity index (χ0n) is 38.4. The molecule has 0 aromatic heterocycles. The Morgan fingerprint density at radius 1 is 0.590 bits per heavy atom. The number of ether oxygens (including phenoxy) is 2.